The van der Waals surface area contributed by atoms with Crippen LogP contribution in [0.5, 0.6) is 0 Å². The van der Waals surface area contributed by atoms with Crippen LogP contribution in [0.3, 0.4) is 0 Å². The number of aliphatic hydroxyl groups is 1. The minimum absolute atomic E-state index is 0.223. The third kappa shape index (κ3) is 2.50. The molecule has 3 aromatic heterocycles. The number of fused-ring (bicyclic) bond motifs is 3. The molecule has 0 unspecified atom stereocenters. The van der Waals surface area contributed by atoms with E-state index in [0.29, 0.717) is 35.9 Å². The average Bonchev–Trinajstić information content (AvgIpc) is 3.19. The number of carbonyl (C=O) groups is 1. The maximum Gasteiger partial charge on any atom is 0.248 e. The van der Waals surface area contributed by atoms with Crippen LogP contribution in [-0.2, 0) is 31.9 Å². The van der Waals surface area contributed by atoms with Crippen LogP contribution in [-0.4, -0.2) is 48.4 Å². The van der Waals surface area contributed by atoms with Crippen molar-refractivity contribution in [3.8, 4) is 11.4 Å². The van der Waals surface area contributed by atoms with E-state index in [-0.39, 0.29) is 11.1 Å². The predicted molar refractivity (Wildman–Crippen MR) is 99.1 cm³/mol. The van der Waals surface area contributed by atoms with Crippen LogP contribution < -0.4 is 0 Å². The van der Waals surface area contributed by atoms with Crippen molar-refractivity contribution in [2.24, 2.45) is 14.1 Å². The first-order valence-corrected chi connectivity index (χ1v) is 8.91. The van der Waals surface area contributed by atoms with E-state index in [1.54, 1.807) is 9.58 Å². The summed E-state index contributed by atoms with van der Waals surface area (Å²) in [5.74, 6) is -0.292. The van der Waals surface area contributed by atoms with Gasteiger partial charge in [0.25, 0.3) is 0 Å². The quantitative estimate of drug-likeness (QED) is 0.676. The molecule has 0 radical (unpaired) electrons. The van der Waals surface area contributed by atoms with Gasteiger partial charge in [0.1, 0.15) is 23.0 Å². The molecule has 0 fully saturated rings. The molecule has 136 valence electrons. The van der Waals surface area contributed by atoms with Crippen LogP contribution in [0.1, 0.15) is 11.3 Å². The summed E-state index contributed by atoms with van der Waals surface area (Å²) >= 11 is 12.8. The molecule has 0 aliphatic carbocycles. The van der Waals surface area contributed by atoms with Gasteiger partial charge in [0.15, 0.2) is 5.15 Å². The zero-order valence-corrected chi connectivity index (χ0v) is 15.8. The van der Waals surface area contributed by atoms with Gasteiger partial charge in [-0.05, 0) is 6.07 Å². The molecule has 26 heavy (non-hydrogen) atoms. The highest BCUT2D eigenvalue weighted by Gasteiger charge is 2.29. The van der Waals surface area contributed by atoms with Crippen LogP contribution in [0.4, 0.5) is 0 Å². The lowest BCUT2D eigenvalue weighted by Gasteiger charge is -2.27. The largest absolute Gasteiger partial charge is 0.387 e. The molecule has 4 heterocycles. The third-order valence-electron chi connectivity index (χ3n) is 4.87. The van der Waals surface area contributed by atoms with Gasteiger partial charge in [-0.15, -0.1) is 0 Å². The molecule has 4 rings (SSSR count). The Bertz CT molecular complexity index is 1040. The number of amides is 1. The second kappa shape index (κ2) is 6.26. The van der Waals surface area contributed by atoms with Crippen LogP contribution in [0.2, 0.25) is 10.2 Å². The minimum Gasteiger partial charge on any atom is -0.387 e. The van der Waals surface area contributed by atoms with E-state index in [1.165, 1.54) is 0 Å². The lowest BCUT2D eigenvalue weighted by molar-refractivity contribution is -0.135. The number of aromatic nitrogens is 4. The Kier molecular flexibility index (Phi) is 4.17. The Morgan fingerprint density at radius 3 is 2.77 bits per heavy atom. The number of nitrogens with zero attached hydrogens (tertiary/aromatic N) is 5. The van der Waals surface area contributed by atoms with E-state index in [0.717, 1.165) is 22.2 Å². The van der Waals surface area contributed by atoms with Crippen molar-refractivity contribution in [3.63, 3.8) is 0 Å². The summed E-state index contributed by atoms with van der Waals surface area (Å²) in [7, 11) is 3.77. The van der Waals surface area contributed by atoms with Gasteiger partial charge in [0.2, 0.25) is 5.91 Å². The Morgan fingerprint density at radius 2 is 2.12 bits per heavy atom. The van der Waals surface area contributed by atoms with Crippen molar-refractivity contribution in [1.29, 1.82) is 0 Å². The molecule has 7 nitrogen and oxygen atoms in total. The first-order chi connectivity index (χ1) is 12.4. The Labute approximate surface area is 159 Å². The molecule has 1 amide bonds. The first kappa shape index (κ1) is 17.3. The minimum atomic E-state index is -0.502. The fourth-order valence-corrected chi connectivity index (χ4v) is 4.08. The maximum absolute atomic E-state index is 12.0. The zero-order chi connectivity index (χ0) is 18.6. The number of aryl methyl sites for hydroxylation is 2. The summed E-state index contributed by atoms with van der Waals surface area (Å²) in [6, 6.07) is 1.87. The molecule has 3 aromatic rings. The molecule has 0 saturated carbocycles. The van der Waals surface area contributed by atoms with Gasteiger partial charge in [-0.2, -0.15) is 5.10 Å². The molecular weight excluding hydrogens is 377 g/mol. The number of hydrogen-bond donors (Lipinski definition) is 1. The van der Waals surface area contributed by atoms with Crippen LogP contribution in [0.15, 0.2) is 12.3 Å². The topological polar surface area (TPSA) is 76.2 Å². The number of hydrogen-bond acceptors (Lipinski definition) is 4. The Morgan fingerprint density at radius 1 is 1.35 bits per heavy atom. The molecule has 0 spiro atoms. The van der Waals surface area contributed by atoms with E-state index in [1.807, 2.05) is 30.9 Å². The lowest BCUT2D eigenvalue weighted by atomic mass is 10.0. The van der Waals surface area contributed by atoms with Crippen molar-refractivity contribution in [3.05, 3.63) is 33.7 Å². The summed E-state index contributed by atoms with van der Waals surface area (Å²) in [6.07, 6.45) is 2.50. The van der Waals surface area contributed by atoms with Gasteiger partial charge in [-0.3, -0.25) is 9.48 Å². The predicted octanol–water partition coefficient (Wildman–Crippen LogP) is 2.16. The summed E-state index contributed by atoms with van der Waals surface area (Å²) in [5.41, 5.74) is 4.18. The van der Waals surface area contributed by atoms with Gasteiger partial charge >= 0.3 is 0 Å². The summed E-state index contributed by atoms with van der Waals surface area (Å²) in [4.78, 5) is 18.1. The number of rotatable bonds is 2. The number of aliphatic hydroxyl groups excluding tert-OH is 1. The number of halogens is 2. The lowest BCUT2D eigenvalue weighted by Crippen LogP contribution is -2.37. The van der Waals surface area contributed by atoms with Crippen molar-refractivity contribution in [1.82, 2.24) is 24.2 Å². The number of pyridine rings is 1. The van der Waals surface area contributed by atoms with Gasteiger partial charge < -0.3 is 14.6 Å². The fourth-order valence-electron chi connectivity index (χ4n) is 3.64. The smallest absolute Gasteiger partial charge is 0.248 e. The normalized spacial score (nSPS) is 14.1. The third-order valence-corrected chi connectivity index (χ3v) is 5.60. The molecule has 0 atom stereocenters. The van der Waals surface area contributed by atoms with E-state index < -0.39 is 6.61 Å². The second-order valence-electron chi connectivity index (χ2n) is 6.37. The monoisotopic (exact) mass is 393 g/mol. The van der Waals surface area contributed by atoms with Gasteiger partial charge in [0.05, 0.1) is 5.52 Å². The van der Waals surface area contributed by atoms with Crippen LogP contribution in [0, 0.1) is 0 Å². The molecule has 1 aliphatic rings. The maximum atomic E-state index is 12.0. The van der Waals surface area contributed by atoms with Crippen LogP contribution >= 0.6 is 23.2 Å². The van der Waals surface area contributed by atoms with E-state index in [4.69, 9.17) is 23.2 Å². The van der Waals surface area contributed by atoms with Crippen molar-refractivity contribution in [2.45, 2.75) is 13.0 Å². The zero-order valence-electron chi connectivity index (χ0n) is 14.3. The van der Waals surface area contributed by atoms with Crippen molar-refractivity contribution in [2.75, 3.05) is 13.2 Å². The highest BCUT2D eigenvalue weighted by molar-refractivity contribution is 6.44. The highest BCUT2D eigenvalue weighted by atomic mass is 35.5. The molecular formula is C17H17Cl2N5O2. The summed E-state index contributed by atoms with van der Waals surface area (Å²) < 4.78 is 3.72. The van der Waals surface area contributed by atoms with Gasteiger partial charge in [-0.1, -0.05) is 23.2 Å². The average molecular weight is 394 g/mol. The van der Waals surface area contributed by atoms with E-state index in [2.05, 4.69) is 10.1 Å². The molecule has 1 N–H and O–H groups in total. The fraction of sp³-hybridized carbons (Fsp3) is 0.353. The SMILES string of the molecule is Cn1ccc(-c2nc(Cl)c(Cl)c3c2c2c(n3C)CCN(C(=O)CO)C2)n1. The first-order valence-electron chi connectivity index (χ1n) is 8.16. The Hall–Kier alpha value is -2.09. The van der Waals surface area contributed by atoms with E-state index in [9.17, 15) is 9.90 Å². The van der Waals surface area contributed by atoms with Crippen LogP contribution in [0.25, 0.3) is 22.3 Å². The summed E-state index contributed by atoms with van der Waals surface area (Å²) in [6.45, 7) is 0.442. The Balaban J connectivity index is 2.02. The molecule has 0 bridgehead atoms. The molecule has 9 heteroatoms. The number of carbonyl (C=O) groups excluding carboxylic acids is 1. The van der Waals surface area contributed by atoms with Crippen molar-refractivity contribution >= 4 is 40.0 Å². The molecule has 0 saturated heterocycles. The molecule has 0 aromatic carbocycles. The van der Waals surface area contributed by atoms with Gasteiger partial charge in [-0.25, -0.2) is 4.98 Å². The highest BCUT2D eigenvalue weighted by Crippen LogP contribution is 2.41. The van der Waals surface area contributed by atoms with Gasteiger partial charge in [0, 0.05) is 56.4 Å². The standard InChI is InChI=1S/C17H17Cl2N5O2/c1-22-5-3-10(21-22)15-13-9-7-24(12(26)8-25)6-4-11(9)23(2)16(13)14(18)17(19)20-15/h3,5,25H,4,6-8H2,1-2H3. The second-order valence-corrected chi connectivity index (χ2v) is 7.11. The van der Waals surface area contributed by atoms with E-state index >= 15 is 0 Å². The molecule has 1 aliphatic heterocycles. The summed E-state index contributed by atoms with van der Waals surface area (Å²) in [5, 5.41) is 15.1. The van der Waals surface area contributed by atoms with Crippen molar-refractivity contribution < 1.29 is 9.90 Å².